The molecule has 1 aliphatic heterocycles. The van der Waals surface area contributed by atoms with Crippen LogP contribution in [0.5, 0.6) is 0 Å². The van der Waals surface area contributed by atoms with Crippen LogP contribution in [0, 0.1) is 0 Å². The molecule has 1 aliphatic carbocycles. The van der Waals surface area contributed by atoms with Crippen LogP contribution in [0.25, 0.3) is 0 Å². The number of benzene rings is 1. The minimum atomic E-state index is -0.442. The first-order valence-electron chi connectivity index (χ1n) is 9.35. The number of para-hydroxylation sites is 1. The molecule has 0 spiro atoms. The Morgan fingerprint density at radius 3 is 2.23 bits per heavy atom. The van der Waals surface area contributed by atoms with Gasteiger partial charge in [-0.15, -0.1) is 0 Å². The molecule has 2 fully saturated rings. The Morgan fingerprint density at radius 2 is 1.58 bits per heavy atom. The molecule has 6 nitrogen and oxygen atoms in total. The zero-order valence-corrected chi connectivity index (χ0v) is 15.7. The van der Waals surface area contributed by atoms with Crippen molar-refractivity contribution in [1.82, 2.24) is 15.5 Å². The zero-order valence-electron chi connectivity index (χ0n) is 14.9. The van der Waals surface area contributed by atoms with Gasteiger partial charge in [-0.05, 0) is 50.0 Å². The molecular weight excluding hydrogens is 348 g/mol. The fourth-order valence-corrected chi connectivity index (χ4v) is 3.78. The number of carbonyl (C=O) groups excluding carboxylic acids is 2. The third-order valence-electron chi connectivity index (χ3n) is 4.95. The minimum Gasteiger partial charge on any atom is -0.353 e. The number of nitrogens with zero attached hydrogens (tertiary/aromatic N) is 1. The maximum absolute atomic E-state index is 12.9. The summed E-state index contributed by atoms with van der Waals surface area (Å²) in [5.41, 5.74) is 0.880. The van der Waals surface area contributed by atoms with E-state index in [2.05, 4.69) is 16.0 Å². The number of likely N-dealkylation sites (tertiary alicyclic amines) is 1. The standard InChI is InChI=1S/C19H26N4O2S/c24-17-15(21-18(26)20-14-8-2-1-3-9-14)10-4-5-11-16(17)22-19(25)23-12-6-7-13-23/h1-3,8-9,15-16H,4-7,10-13H2,(H,22,25)(H2,20,21,26)/t15-,16?/m0/s1. The number of anilines is 1. The first kappa shape index (κ1) is 18.6. The van der Waals surface area contributed by atoms with Gasteiger partial charge in [0.15, 0.2) is 10.9 Å². The molecule has 1 aromatic rings. The van der Waals surface area contributed by atoms with Crippen molar-refractivity contribution in [3.63, 3.8) is 0 Å². The second-order valence-electron chi connectivity index (χ2n) is 6.90. The average molecular weight is 375 g/mol. The molecule has 7 heteroatoms. The van der Waals surface area contributed by atoms with Crippen molar-refractivity contribution in [3.05, 3.63) is 30.3 Å². The van der Waals surface area contributed by atoms with Crippen LogP contribution >= 0.6 is 12.2 Å². The second kappa shape index (κ2) is 8.98. The predicted octanol–water partition coefficient (Wildman–Crippen LogP) is 2.66. The van der Waals surface area contributed by atoms with Crippen LogP contribution in [-0.4, -0.2) is 47.0 Å². The minimum absolute atomic E-state index is 0.0206. The van der Waals surface area contributed by atoms with E-state index in [0.29, 0.717) is 11.5 Å². The van der Waals surface area contributed by atoms with E-state index < -0.39 is 6.04 Å². The monoisotopic (exact) mass is 374 g/mol. The highest BCUT2D eigenvalue weighted by Gasteiger charge is 2.32. The van der Waals surface area contributed by atoms with Crippen LogP contribution < -0.4 is 16.0 Å². The van der Waals surface area contributed by atoms with Crippen molar-refractivity contribution < 1.29 is 9.59 Å². The number of rotatable bonds is 3. The van der Waals surface area contributed by atoms with E-state index in [1.54, 1.807) is 4.90 Å². The van der Waals surface area contributed by atoms with Crippen molar-refractivity contribution in [1.29, 1.82) is 0 Å². The number of nitrogens with one attached hydrogen (secondary N) is 3. The van der Waals surface area contributed by atoms with Gasteiger partial charge < -0.3 is 20.9 Å². The lowest BCUT2D eigenvalue weighted by molar-refractivity contribution is -0.122. The molecule has 1 saturated carbocycles. The van der Waals surface area contributed by atoms with E-state index in [9.17, 15) is 9.59 Å². The topological polar surface area (TPSA) is 73.5 Å². The fraction of sp³-hybridized carbons (Fsp3) is 0.526. The Labute approximate surface area is 159 Å². The normalized spacial score (nSPS) is 23.2. The molecule has 26 heavy (non-hydrogen) atoms. The predicted molar refractivity (Wildman–Crippen MR) is 106 cm³/mol. The maximum Gasteiger partial charge on any atom is 0.317 e. The molecule has 2 aliphatic rings. The number of carbonyl (C=O) groups is 2. The summed E-state index contributed by atoms with van der Waals surface area (Å²) in [5, 5.41) is 9.61. The molecule has 0 bridgehead atoms. The highest BCUT2D eigenvalue weighted by Crippen LogP contribution is 2.17. The summed E-state index contributed by atoms with van der Waals surface area (Å²) in [6.45, 7) is 1.55. The first-order chi connectivity index (χ1) is 12.6. The fourth-order valence-electron chi connectivity index (χ4n) is 3.52. The van der Waals surface area contributed by atoms with Gasteiger partial charge >= 0.3 is 6.03 Å². The van der Waals surface area contributed by atoms with Crippen LogP contribution in [0.2, 0.25) is 0 Å². The lowest BCUT2D eigenvalue weighted by Crippen LogP contribution is -2.53. The zero-order chi connectivity index (χ0) is 18.4. The molecule has 1 heterocycles. The summed E-state index contributed by atoms with van der Waals surface area (Å²) in [6, 6.07) is 8.69. The largest absolute Gasteiger partial charge is 0.353 e. The smallest absolute Gasteiger partial charge is 0.317 e. The number of hydrogen-bond donors (Lipinski definition) is 3. The van der Waals surface area contributed by atoms with E-state index >= 15 is 0 Å². The average Bonchev–Trinajstić information content (AvgIpc) is 3.13. The quantitative estimate of drug-likeness (QED) is 0.560. The van der Waals surface area contributed by atoms with E-state index in [1.165, 1.54) is 0 Å². The number of thiocarbonyl (C=S) groups is 1. The third-order valence-corrected chi connectivity index (χ3v) is 5.17. The summed E-state index contributed by atoms with van der Waals surface area (Å²) >= 11 is 5.36. The molecule has 3 N–H and O–H groups in total. The SMILES string of the molecule is O=C1C(NC(=O)N2CCCC2)CCCC[C@@H]1NC(=S)Nc1ccccc1. The van der Waals surface area contributed by atoms with Crippen molar-refractivity contribution in [2.75, 3.05) is 18.4 Å². The summed E-state index contributed by atoms with van der Waals surface area (Å²) in [7, 11) is 0. The van der Waals surface area contributed by atoms with Gasteiger partial charge in [0.2, 0.25) is 0 Å². The van der Waals surface area contributed by atoms with Crippen molar-refractivity contribution in [3.8, 4) is 0 Å². The van der Waals surface area contributed by atoms with Crippen LogP contribution in [0.15, 0.2) is 30.3 Å². The molecule has 3 rings (SSSR count). The Balaban J connectivity index is 1.57. The van der Waals surface area contributed by atoms with E-state index in [4.69, 9.17) is 12.2 Å². The number of amides is 2. The molecule has 0 radical (unpaired) electrons. The van der Waals surface area contributed by atoms with E-state index in [-0.39, 0.29) is 17.9 Å². The number of hydrogen-bond acceptors (Lipinski definition) is 3. The molecule has 2 amide bonds. The molecule has 0 aromatic heterocycles. The molecular formula is C19H26N4O2S. The Kier molecular flexibility index (Phi) is 6.44. The second-order valence-corrected chi connectivity index (χ2v) is 7.31. The van der Waals surface area contributed by atoms with Crippen molar-refractivity contribution in [2.24, 2.45) is 0 Å². The van der Waals surface area contributed by atoms with Gasteiger partial charge in [0, 0.05) is 18.8 Å². The Bertz CT molecular complexity index is 646. The third kappa shape index (κ3) is 4.94. The van der Waals surface area contributed by atoms with E-state index in [0.717, 1.165) is 50.9 Å². The number of urea groups is 1. The highest BCUT2D eigenvalue weighted by molar-refractivity contribution is 7.80. The lowest BCUT2D eigenvalue weighted by atomic mass is 10.0. The summed E-state index contributed by atoms with van der Waals surface area (Å²) in [6.07, 6.45) is 5.35. The van der Waals surface area contributed by atoms with Crippen LogP contribution in [0.3, 0.4) is 0 Å². The van der Waals surface area contributed by atoms with Gasteiger partial charge in [-0.1, -0.05) is 31.0 Å². The van der Waals surface area contributed by atoms with Gasteiger partial charge in [-0.3, -0.25) is 4.79 Å². The molecule has 1 unspecified atom stereocenters. The highest BCUT2D eigenvalue weighted by atomic mass is 32.1. The summed E-state index contributed by atoms with van der Waals surface area (Å²) in [5.74, 6) is 0.0206. The lowest BCUT2D eigenvalue weighted by Gasteiger charge is -2.24. The molecule has 1 aromatic carbocycles. The maximum atomic E-state index is 12.9. The van der Waals surface area contributed by atoms with E-state index in [1.807, 2.05) is 30.3 Å². The summed E-state index contributed by atoms with van der Waals surface area (Å²) in [4.78, 5) is 27.0. The van der Waals surface area contributed by atoms with Crippen LogP contribution in [0.4, 0.5) is 10.5 Å². The molecule has 1 saturated heterocycles. The van der Waals surface area contributed by atoms with Crippen LogP contribution in [0.1, 0.15) is 38.5 Å². The summed E-state index contributed by atoms with van der Waals surface area (Å²) < 4.78 is 0. The van der Waals surface area contributed by atoms with Gasteiger partial charge in [0.1, 0.15) is 0 Å². The van der Waals surface area contributed by atoms with Gasteiger partial charge in [0.25, 0.3) is 0 Å². The van der Waals surface area contributed by atoms with Crippen molar-refractivity contribution >= 4 is 34.8 Å². The molecule has 140 valence electrons. The van der Waals surface area contributed by atoms with Gasteiger partial charge in [-0.25, -0.2) is 4.79 Å². The van der Waals surface area contributed by atoms with Crippen molar-refractivity contribution in [2.45, 2.75) is 50.6 Å². The van der Waals surface area contributed by atoms with Gasteiger partial charge in [0.05, 0.1) is 12.1 Å². The van der Waals surface area contributed by atoms with Gasteiger partial charge in [-0.2, -0.15) is 0 Å². The number of Topliss-reactive ketones (excluding diaryl/α,β-unsaturated/α-hetero) is 1. The Hall–Kier alpha value is -2.15. The molecule has 2 atom stereocenters. The number of ketones is 1. The first-order valence-corrected chi connectivity index (χ1v) is 9.76. The Morgan fingerprint density at radius 1 is 0.962 bits per heavy atom. The van der Waals surface area contributed by atoms with Crippen LogP contribution in [-0.2, 0) is 4.79 Å².